The fourth-order valence-corrected chi connectivity index (χ4v) is 1.63. The van der Waals surface area contributed by atoms with Crippen LogP contribution in [0.2, 0.25) is 0 Å². The third kappa shape index (κ3) is 3.31. The number of nitrogens with two attached hydrogens (primary N) is 1. The molecule has 18 heavy (non-hydrogen) atoms. The minimum absolute atomic E-state index is 0.257. The highest BCUT2D eigenvalue weighted by atomic mass is 19.1. The first kappa shape index (κ1) is 12.6. The van der Waals surface area contributed by atoms with Crippen LogP contribution in [0.15, 0.2) is 48.5 Å². The van der Waals surface area contributed by atoms with Gasteiger partial charge >= 0.3 is 0 Å². The van der Waals surface area contributed by atoms with E-state index in [0.717, 1.165) is 11.3 Å². The van der Waals surface area contributed by atoms with E-state index in [1.807, 2.05) is 31.2 Å². The summed E-state index contributed by atoms with van der Waals surface area (Å²) in [6, 6.07) is 13.7. The first-order valence-corrected chi connectivity index (χ1v) is 5.85. The van der Waals surface area contributed by atoms with Gasteiger partial charge in [-0.3, -0.25) is 0 Å². The molecule has 2 aromatic rings. The molecule has 0 saturated heterocycles. The minimum atomic E-state index is -0.259. The smallest absolute Gasteiger partial charge is 0.123 e. The quantitative estimate of drug-likeness (QED) is 0.897. The molecule has 0 aliphatic carbocycles. The van der Waals surface area contributed by atoms with Crippen LogP contribution in [0.3, 0.4) is 0 Å². The molecule has 0 heterocycles. The number of hydrogen-bond acceptors (Lipinski definition) is 2. The normalized spacial score (nSPS) is 12.2. The number of hydrogen-bond donors (Lipinski definition) is 1. The SMILES string of the molecule is Cc1ccc(OCC(N)c2ccc(F)cc2)cc1. The van der Waals surface area contributed by atoms with Gasteiger partial charge in [0.2, 0.25) is 0 Å². The lowest BCUT2D eigenvalue weighted by Gasteiger charge is -2.13. The molecule has 0 saturated carbocycles. The van der Waals surface area contributed by atoms with Crippen LogP contribution in [0.4, 0.5) is 4.39 Å². The van der Waals surface area contributed by atoms with Crippen molar-refractivity contribution >= 4 is 0 Å². The van der Waals surface area contributed by atoms with E-state index >= 15 is 0 Å². The Hall–Kier alpha value is -1.87. The van der Waals surface area contributed by atoms with Gasteiger partial charge in [-0.15, -0.1) is 0 Å². The van der Waals surface area contributed by atoms with Crippen molar-refractivity contribution in [2.24, 2.45) is 5.73 Å². The van der Waals surface area contributed by atoms with E-state index in [9.17, 15) is 4.39 Å². The Balaban J connectivity index is 1.93. The molecule has 2 aromatic carbocycles. The minimum Gasteiger partial charge on any atom is -0.492 e. The summed E-state index contributed by atoms with van der Waals surface area (Å²) in [7, 11) is 0. The predicted molar refractivity (Wildman–Crippen MR) is 70.0 cm³/mol. The van der Waals surface area contributed by atoms with E-state index in [0.29, 0.717) is 6.61 Å². The van der Waals surface area contributed by atoms with Crippen molar-refractivity contribution in [3.05, 3.63) is 65.5 Å². The Bertz CT molecular complexity index is 493. The van der Waals surface area contributed by atoms with E-state index < -0.39 is 0 Å². The fraction of sp³-hybridized carbons (Fsp3) is 0.200. The van der Waals surface area contributed by atoms with Crippen LogP contribution in [-0.2, 0) is 0 Å². The molecule has 0 aliphatic heterocycles. The number of ether oxygens (including phenoxy) is 1. The van der Waals surface area contributed by atoms with E-state index in [1.54, 1.807) is 12.1 Å². The van der Waals surface area contributed by atoms with E-state index in [-0.39, 0.29) is 11.9 Å². The van der Waals surface area contributed by atoms with Crippen molar-refractivity contribution in [1.29, 1.82) is 0 Å². The van der Waals surface area contributed by atoms with Gasteiger partial charge in [0.1, 0.15) is 18.2 Å². The standard InChI is InChI=1S/C15H16FNO/c1-11-2-8-14(9-3-11)18-10-15(17)12-4-6-13(16)7-5-12/h2-9,15H,10,17H2,1H3. The van der Waals surface area contributed by atoms with E-state index in [1.165, 1.54) is 17.7 Å². The Morgan fingerprint density at radius 2 is 1.67 bits per heavy atom. The summed E-state index contributed by atoms with van der Waals surface area (Å²) in [5.74, 6) is 0.531. The Morgan fingerprint density at radius 1 is 1.06 bits per heavy atom. The van der Waals surface area contributed by atoms with Crippen LogP contribution in [0.5, 0.6) is 5.75 Å². The number of aryl methyl sites for hydroxylation is 1. The summed E-state index contributed by atoms with van der Waals surface area (Å²) in [6.45, 7) is 2.39. The Labute approximate surface area is 106 Å². The second kappa shape index (κ2) is 5.65. The van der Waals surface area contributed by atoms with Gasteiger partial charge in [0.05, 0.1) is 6.04 Å². The van der Waals surface area contributed by atoms with Gasteiger partial charge in [-0.05, 0) is 36.8 Å². The predicted octanol–water partition coefficient (Wildman–Crippen LogP) is 3.21. The molecule has 2 rings (SSSR count). The molecule has 0 bridgehead atoms. The zero-order chi connectivity index (χ0) is 13.0. The number of benzene rings is 2. The molecular formula is C15H16FNO. The van der Waals surface area contributed by atoms with Gasteiger partial charge in [-0.25, -0.2) is 4.39 Å². The fourth-order valence-electron chi connectivity index (χ4n) is 1.63. The van der Waals surface area contributed by atoms with Gasteiger partial charge in [0.25, 0.3) is 0 Å². The molecule has 0 amide bonds. The van der Waals surface area contributed by atoms with Crippen molar-refractivity contribution in [1.82, 2.24) is 0 Å². The molecule has 1 unspecified atom stereocenters. The molecule has 0 aliphatic rings. The topological polar surface area (TPSA) is 35.2 Å². The molecule has 2 nitrogen and oxygen atoms in total. The van der Waals surface area contributed by atoms with Crippen molar-refractivity contribution in [2.75, 3.05) is 6.61 Å². The first-order chi connectivity index (χ1) is 8.65. The average molecular weight is 245 g/mol. The maximum Gasteiger partial charge on any atom is 0.123 e. The lowest BCUT2D eigenvalue weighted by Crippen LogP contribution is -2.18. The monoisotopic (exact) mass is 245 g/mol. The molecular weight excluding hydrogens is 229 g/mol. The molecule has 0 aromatic heterocycles. The Morgan fingerprint density at radius 3 is 2.28 bits per heavy atom. The van der Waals surface area contributed by atoms with Gasteiger partial charge in [0.15, 0.2) is 0 Å². The third-order valence-electron chi connectivity index (χ3n) is 2.75. The Kier molecular flexibility index (Phi) is 3.95. The first-order valence-electron chi connectivity index (χ1n) is 5.85. The number of halogens is 1. The number of rotatable bonds is 4. The molecule has 3 heteroatoms. The summed E-state index contributed by atoms with van der Waals surface area (Å²) in [4.78, 5) is 0. The van der Waals surface area contributed by atoms with Crippen molar-refractivity contribution in [2.45, 2.75) is 13.0 Å². The highest BCUT2D eigenvalue weighted by Crippen LogP contribution is 2.15. The maximum atomic E-state index is 12.8. The third-order valence-corrected chi connectivity index (χ3v) is 2.75. The van der Waals surface area contributed by atoms with Crippen molar-refractivity contribution in [3.63, 3.8) is 0 Å². The summed E-state index contributed by atoms with van der Waals surface area (Å²) in [6.07, 6.45) is 0. The van der Waals surface area contributed by atoms with Crippen molar-refractivity contribution < 1.29 is 9.13 Å². The van der Waals surface area contributed by atoms with Crippen LogP contribution < -0.4 is 10.5 Å². The largest absolute Gasteiger partial charge is 0.492 e. The average Bonchev–Trinajstić information content (AvgIpc) is 2.38. The summed E-state index contributed by atoms with van der Waals surface area (Å²) < 4.78 is 18.4. The van der Waals surface area contributed by atoms with Crippen molar-refractivity contribution in [3.8, 4) is 5.75 Å². The maximum absolute atomic E-state index is 12.8. The van der Waals surface area contributed by atoms with Gasteiger partial charge in [-0.1, -0.05) is 29.8 Å². The highest BCUT2D eigenvalue weighted by molar-refractivity contribution is 5.26. The molecule has 2 N–H and O–H groups in total. The van der Waals surface area contributed by atoms with Crippen LogP contribution in [0, 0.1) is 12.7 Å². The van der Waals surface area contributed by atoms with Gasteiger partial charge in [0, 0.05) is 0 Å². The summed E-state index contributed by atoms with van der Waals surface area (Å²) in [5, 5.41) is 0. The van der Waals surface area contributed by atoms with Crippen LogP contribution >= 0.6 is 0 Å². The summed E-state index contributed by atoms with van der Waals surface area (Å²) >= 11 is 0. The zero-order valence-corrected chi connectivity index (χ0v) is 10.3. The van der Waals surface area contributed by atoms with Crippen LogP contribution in [-0.4, -0.2) is 6.61 Å². The van der Waals surface area contributed by atoms with E-state index in [4.69, 9.17) is 10.5 Å². The summed E-state index contributed by atoms with van der Waals surface area (Å²) in [5.41, 5.74) is 8.03. The lowest BCUT2D eigenvalue weighted by atomic mass is 10.1. The molecule has 0 radical (unpaired) electrons. The highest BCUT2D eigenvalue weighted by Gasteiger charge is 2.06. The van der Waals surface area contributed by atoms with Gasteiger partial charge < -0.3 is 10.5 Å². The second-order valence-corrected chi connectivity index (χ2v) is 4.28. The molecule has 0 spiro atoms. The van der Waals surface area contributed by atoms with Crippen LogP contribution in [0.1, 0.15) is 17.2 Å². The zero-order valence-electron chi connectivity index (χ0n) is 10.3. The molecule has 0 fully saturated rings. The molecule has 94 valence electrons. The second-order valence-electron chi connectivity index (χ2n) is 4.28. The van der Waals surface area contributed by atoms with Gasteiger partial charge in [-0.2, -0.15) is 0 Å². The lowest BCUT2D eigenvalue weighted by molar-refractivity contribution is 0.290. The van der Waals surface area contributed by atoms with E-state index in [2.05, 4.69) is 0 Å². The van der Waals surface area contributed by atoms with Crippen LogP contribution in [0.25, 0.3) is 0 Å². The molecule has 1 atom stereocenters.